The molecule has 1 rings (SSSR count). The van der Waals surface area contributed by atoms with Crippen LogP contribution in [0.4, 0.5) is 5.69 Å². The summed E-state index contributed by atoms with van der Waals surface area (Å²) in [5.41, 5.74) is 7.21. The molecule has 0 fully saturated rings. The van der Waals surface area contributed by atoms with E-state index in [9.17, 15) is 4.79 Å². The second-order valence-corrected chi connectivity index (χ2v) is 3.29. The van der Waals surface area contributed by atoms with Gasteiger partial charge in [-0.15, -0.1) is 0 Å². The van der Waals surface area contributed by atoms with Crippen molar-refractivity contribution in [1.29, 1.82) is 0 Å². The van der Waals surface area contributed by atoms with Crippen LogP contribution in [0.2, 0.25) is 0 Å². The summed E-state index contributed by atoms with van der Waals surface area (Å²) >= 11 is 0. The number of carbonyl (C=O) groups is 1. The Bertz CT molecular complexity index is 366. The fraction of sp³-hybridized carbons (Fsp3) is 0.364. The van der Waals surface area contributed by atoms with Crippen LogP contribution < -0.4 is 15.8 Å². The lowest BCUT2D eigenvalue weighted by Gasteiger charge is -2.08. The van der Waals surface area contributed by atoms with Gasteiger partial charge in [0.1, 0.15) is 12.4 Å². The number of nitrogen functional groups attached to an aromatic ring is 1. The van der Waals surface area contributed by atoms with Crippen LogP contribution in [-0.2, 0) is 16.1 Å². The third-order valence-electron chi connectivity index (χ3n) is 2.06. The number of nitrogens with two attached hydrogens (primary N) is 1. The summed E-state index contributed by atoms with van der Waals surface area (Å²) in [7, 11) is 3.04. The molecule has 0 unspecified atom stereocenters. The summed E-state index contributed by atoms with van der Waals surface area (Å²) in [5.74, 6) is 0.476. The van der Waals surface area contributed by atoms with Crippen LogP contribution in [0.25, 0.3) is 0 Å². The van der Waals surface area contributed by atoms with Gasteiger partial charge in [0.15, 0.2) is 0 Å². The van der Waals surface area contributed by atoms with Crippen LogP contribution in [0.1, 0.15) is 5.56 Å². The highest BCUT2D eigenvalue weighted by Gasteiger charge is 2.03. The normalized spacial score (nSPS) is 9.88. The first kappa shape index (κ1) is 12.3. The molecule has 0 aliphatic heterocycles. The van der Waals surface area contributed by atoms with Gasteiger partial charge >= 0.3 is 0 Å². The number of carbonyl (C=O) groups excluding carboxylic acids is 1. The first-order valence-corrected chi connectivity index (χ1v) is 4.85. The molecule has 0 aromatic heterocycles. The van der Waals surface area contributed by atoms with Crippen molar-refractivity contribution in [3.63, 3.8) is 0 Å². The maximum absolute atomic E-state index is 11.1. The summed E-state index contributed by atoms with van der Waals surface area (Å²) in [6, 6.07) is 5.39. The highest BCUT2D eigenvalue weighted by molar-refractivity contribution is 5.77. The number of ether oxygens (including phenoxy) is 2. The summed E-state index contributed by atoms with van der Waals surface area (Å²) in [6.45, 7) is 0.488. The van der Waals surface area contributed by atoms with Crippen molar-refractivity contribution in [2.75, 3.05) is 26.6 Å². The monoisotopic (exact) mass is 224 g/mol. The van der Waals surface area contributed by atoms with E-state index in [0.29, 0.717) is 18.0 Å². The number of benzene rings is 1. The summed E-state index contributed by atoms with van der Waals surface area (Å²) in [4.78, 5) is 11.1. The van der Waals surface area contributed by atoms with E-state index in [2.05, 4.69) is 5.32 Å². The average molecular weight is 224 g/mol. The predicted octanol–water partition coefficient (Wildman–Crippen LogP) is 0.540. The fourth-order valence-corrected chi connectivity index (χ4v) is 1.28. The van der Waals surface area contributed by atoms with Crippen molar-refractivity contribution < 1.29 is 14.3 Å². The molecule has 1 aromatic rings. The standard InChI is InChI=1S/C11H16N2O3/c1-15-7-11(14)13-6-8-3-4-10(16-2)9(12)5-8/h3-5H,6-7,12H2,1-2H3,(H,13,14). The number of hydrogen-bond donors (Lipinski definition) is 2. The molecule has 3 N–H and O–H groups in total. The van der Waals surface area contributed by atoms with E-state index in [1.165, 1.54) is 7.11 Å². The second kappa shape index (κ2) is 5.97. The molecule has 88 valence electrons. The topological polar surface area (TPSA) is 73.6 Å². The molecule has 16 heavy (non-hydrogen) atoms. The van der Waals surface area contributed by atoms with E-state index in [0.717, 1.165) is 5.56 Å². The highest BCUT2D eigenvalue weighted by Crippen LogP contribution is 2.21. The molecule has 0 heterocycles. The lowest BCUT2D eigenvalue weighted by Crippen LogP contribution is -2.26. The van der Waals surface area contributed by atoms with Gasteiger partial charge in [0.05, 0.1) is 12.8 Å². The number of methoxy groups -OCH3 is 2. The average Bonchev–Trinajstić information content (AvgIpc) is 2.27. The smallest absolute Gasteiger partial charge is 0.246 e. The molecule has 0 aliphatic rings. The van der Waals surface area contributed by atoms with Crippen LogP contribution in [-0.4, -0.2) is 26.7 Å². The third kappa shape index (κ3) is 3.43. The van der Waals surface area contributed by atoms with Crippen molar-refractivity contribution in [1.82, 2.24) is 5.32 Å². The number of rotatable bonds is 5. The number of nitrogens with one attached hydrogen (secondary N) is 1. The molecule has 5 heteroatoms. The maximum Gasteiger partial charge on any atom is 0.246 e. The molecule has 1 amide bonds. The van der Waals surface area contributed by atoms with Crippen LogP contribution in [0.5, 0.6) is 5.75 Å². The first-order valence-electron chi connectivity index (χ1n) is 4.85. The van der Waals surface area contributed by atoms with Crippen LogP contribution >= 0.6 is 0 Å². The number of amides is 1. The quantitative estimate of drug-likeness (QED) is 0.716. The van der Waals surface area contributed by atoms with Crippen molar-refractivity contribution in [2.45, 2.75) is 6.54 Å². The Balaban J connectivity index is 2.55. The van der Waals surface area contributed by atoms with Gasteiger partial charge in [-0.3, -0.25) is 4.79 Å². The largest absolute Gasteiger partial charge is 0.495 e. The zero-order chi connectivity index (χ0) is 12.0. The Morgan fingerprint density at radius 1 is 1.44 bits per heavy atom. The van der Waals surface area contributed by atoms with Gasteiger partial charge in [0, 0.05) is 13.7 Å². The predicted molar refractivity (Wildman–Crippen MR) is 61.1 cm³/mol. The number of hydrogen-bond acceptors (Lipinski definition) is 4. The Labute approximate surface area is 94.5 Å². The van der Waals surface area contributed by atoms with Crippen LogP contribution in [0.3, 0.4) is 0 Å². The molecular formula is C11H16N2O3. The molecular weight excluding hydrogens is 208 g/mol. The lowest BCUT2D eigenvalue weighted by molar-refractivity contribution is -0.124. The molecule has 0 atom stereocenters. The molecule has 0 bridgehead atoms. The Hall–Kier alpha value is -1.75. The molecule has 0 spiro atoms. The van der Waals surface area contributed by atoms with Gasteiger partial charge in [-0.05, 0) is 17.7 Å². The van der Waals surface area contributed by atoms with E-state index >= 15 is 0 Å². The van der Waals surface area contributed by atoms with Gasteiger partial charge < -0.3 is 20.5 Å². The van der Waals surface area contributed by atoms with Crippen molar-refractivity contribution in [3.05, 3.63) is 23.8 Å². The molecule has 0 aliphatic carbocycles. The zero-order valence-corrected chi connectivity index (χ0v) is 9.45. The van der Waals surface area contributed by atoms with Gasteiger partial charge in [-0.25, -0.2) is 0 Å². The Kier molecular flexibility index (Phi) is 4.60. The molecule has 0 radical (unpaired) electrons. The van der Waals surface area contributed by atoms with Gasteiger partial charge in [-0.1, -0.05) is 6.07 Å². The second-order valence-electron chi connectivity index (χ2n) is 3.29. The molecule has 0 saturated heterocycles. The maximum atomic E-state index is 11.1. The number of anilines is 1. The lowest BCUT2D eigenvalue weighted by atomic mass is 10.2. The zero-order valence-electron chi connectivity index (χ0n) is 9.45. The van der Waals surface area contributed by atoms with E-state index < -0.39 is 0 Å². The summed E-state index contributed by atoms with van der Waals surface area (Å²) in [6.07, 6.45) is 0. The van der Waals surface area contributed by atoms with E-state index in [4.69, 9.17) is 15.2 Å². The molecule has 1 aromatic carbocycles. The highest BCUT2D eigenvalue weighted by atomic mass is 16.5. The molecule has 5 nitrogen and oxygen atoms in total. The summed E-state index contributed by atoms with van der Waals surface area (Å²) < 4.78 is 9.73. The first-order chi connectivity index (χ1) is 7.67. The minimum Gasteiger partial charge on any atom is -0.495 e. The fourth-order valence-electron chi connectivity index (χ4n) is 1.28. The van der Waals surface area contributed by atoms with E-state index in [1.54, 1.807) is 19.2 Å². The Morgan fingerprint density at radius 2 is 2.19 bits per heavy atom. The van der Waals surface area contributed by atoms with Crippen molar-refractivity contribution in [3.8, 4) is 5.75 Å². The minimum atomic E-state index is -0.156. The SMILES string of the molecule is COCC(=O)NCc1ccc(OC)c(N)c1. The van der Waals surface area contributed by atoms with E-state index in [-0.39, 0.29) is 12.5 Å². The minimum absolute atomic E-state index is 0.0611. The van der Waals surface area contributed by atoms with Crippen LogP contribution in [0, 0.1) is 0 Å². The Morgan fingerprint density at radius 3 is 2.75 bits per heavy atom. The van der Waals surface area contributed by atoms with Crippen LogP contribution in [0.15, 0.2) is 18.2 Å². The van der Waals surface area contributed by atoms with Gasteiger partial charge in [0.2, 0.25) is 5.91 Å². The van der Waals surface area contributed by atoms with Crippen molar-refractivity contribution in [2.24, 2.45) is 0 Å². The third-order valence-corrected chi connectivity index (χ3v) is 2.06. The van der Waals surface area contributed by atoms with E-state index in [1.807, 2.05) is 6.07 Å². The van der Waals surface area contributed by atoms with Crippen molar-refractivity contribution >= 4 is 11.6 Å². The summed E-state index contributed by atoms with van der Waals surface area (Å²) in [5, 5.41) is 2.70. The van der Waals surface area contributed by atoms with Gasteiger partial charge in [-0.2, -0.15) is 0 Å². The van der Waals surface area contributed by atoms with Gasteiger partial charge in [0.25, 0.3) is 0 Å². The molecule has 0 saturated carbocycles.